The van der Waals surface area contributed by atoms with Gasteiger partial charge in [-0.3, -0.25) is 4.79 Å². The SMILES string of the molecule is C/C(=N/NC(=O)COc1ccc(Cl)cc1)c1ccc(Cl)c(Cl)c1Cl. The van der Waals surface area contributed by atoms with E-state index < -0.39 is 5.91 Å². The van der Waals surface area contributed by atoms with Gasteiger partial charge < -0.3 is 4.74 Å². The van der Waals surface area contributed by atoms with Gasteiger partial charge in [0.05, 0.1) is 20.8 Å². The second-order valence-electron chi connectivity index (χ2n) is 4.70. The normalized spacial score (nSPS) is 11.3. The van der Waals surface area contributed by atoms with E-state index in [1.165, 1.54) is 0 Å². The minimum Gasteiger partial charge on any atom is -0.484 e. The van der Waals surface area contributed by atoms with E-state index >= 15 is 0 Å². The van der Waals surface area contributed by atoms with Crippen LogP contribution in [-0.2, 0) is 4.79 Å². The summed E-state index contributed by atoms with van der Waals surface area (Å²) in [6.07, 6.45) is 0. The Balaban J connectivity index is 1.95. The molecule has 0 spiro atoms. The van der Waals surface area contributed by atoms with Gasteiger partial charge in [-0.15, -0.1) is 0 Å². The molecular formula is C16H12Cl4N2O2. The Bertz CT molecular complexity index is 776. The predicted molar refractivity (Wildman–Crippen MR) is 98.8 cm³/mol. The van der Waals surface area contributed by atoms with Gasteiger partial charge >= 0.3 is 0 Å². The number of rotatable bonds is 5. The van der Waals surface area contributed by atoms with E-state index in [0.717, 1.165) is 0 Å². The Hall–Kier alpha value is -1.46. The number of carbonyl (C=O) groups excluding carboxylic acids is 1. The lowest BCUT2D eigenvalue weighted by molar-refractivity contribution is -0.123. The molecular weight excluding hydrogens is 394 g/mol. The summed E-state index contributed by atoms with van der Waals surface area (Å²) < 4.78 is 5.31. The van der Waals surface area contributed by atoms with Crippen molar-refractivity contribution in [2.24, 2.45) is 5.10 Å². The first kappa shape index (κ1) is 18.9. The van der Waals surface area contributed by atoms with Crippen molar-refractivity contribution in [3.63, 3.8) is 0 Å². The van der Waals surface area contributed by atoms with Gasteiger partial charge in [0.1, 0.15) is 5.75 Å². The van der Waals surface area contributed by atoms with Crippen molar-refractivity contribution in [3.8, 4) is 5.75 Å². The van der Waals surface area contributed by atoms with Crippen LogP contribution in [0, 0.1) is 0 Å². The first-order valence-corrected chi connectivity index (χ1v) is 8.25. The quantitative estimate of drug-likeness (QED) is 0.421. The topological polar surface area (TPSA) is 50.7 Å². The first-order valence-electron chi connectivity index (χ1n) is 6.74. The Morgan fingerprint density at radius 2 is 1.71 bits per heavy atom. The van der Waals surface area contributed by atoms with Crippen LogP contribution in [0.5, 0.6) is 5.75 Å². The van der Waals surface area contributed by atoms with Crippen LogP contribution in [-0.4, -0.2) is 18.2 Å². The molecule has 0 atom stereocenters. The maximum atomic E-state index is 11.8. The summed E-state index contributed by atoms with van der Waals surface area (Å²) in [6.45, 7) is 1.50. The number of benzene rings is 2. The van der Waals surface area contributed by atoms with Crippen molar-refractivity contribution >= 4 is 58.0 Å². The Labute approximate surface area is 159 Å². The smallest absolute Gasteiger partial charge is 0.277 e. The number of nitrogens with one attached hydrogen (secondary N) is 1. The van der Waals surface area contributed by atoms with Crippen LogP contribution in [0.25, 0.3) is 0 Å². The predicted octanol–water partition coefficient (Wildman–Crippen LogP) is 5.22. The third kappa shape index (κ3) is 5.02. The summed E-state index contributed by atoms with van der Waals surface area (Å²) in [5.74, 6) is 0.114. The highest BCUT2D eigenvalue weighted by Crippen LogP contribution is 2.32. The number of hydrogen-bond donors (Lipinski definition) is 1. The second-order valence-corrected chi connectivity index (χ2v) is 6.30. The number of amides is 1. The van der Waals surface area contributed by atoms with Gasteiger partial charge in [0.2, 0.25) is 0 Å². The molecule has 0 saturated heterocycles. The summed E-state index contributed by atoms with van der Waals surface area (Å²) >= 11 is 23.7. The summed E-state index contributed by atoms with van der Waals surface area (Å²) in [4.78, 5) is 11.8. The third-order valence-electron chi connectivity index (χ3n) is 2.96. The number of carbonyl (C=O) groups is 1. The highest BCUT2D eigenvalue weighted by Gasteiger charge is 2.11. The lowest BCUT2D eigenvalue weighted by atomic mass is 10.1. The van der Waals surface area contributed by atoms with Crippen LogP contribution in [0.2, 0.25) is 20.1 Å². The van der Waals surface area contributed by atoms with Gasteiger partial charge in [0.15, 0.2) is 6.61 Å². The Kier molecular flexibility index (Phi) is 6.75. The van der Waals surface area contributed by atoms with Crippen molar-refractivity contribution in [2.75, 3.05) is 6.61 Å². The number of hydrazone groups is 1. The summed E-state index contributed by atoms with van der Waals surface area (Å²) in [5.41, 5.74) is 3.45. The van der Waals surface area contributed by atoms with Crippen molar-refractivity contribution in [2.45, 2.75) is 6.92 Å². The highest BCUT2D eigenvalue weighted by molar-refractivity contribution is 6.49. The second kappa shape index (κ2) is 8.58. The minimum atomic E-state index is -0.416. The standard InChI is InChI=1S/C16H12Cl4N2O2/c1-9(12-6-7-13(18)16(20)15(12)19)21-22-14(23)8-24-11-4-2-10(17)3-5-11/h2-7H,8H2,1H3,(H,22,23)/b21-9-. The number of hydrogen-bond acceptors (Lipinski definition) is 3. The molecule has 2 rings (SSSR count). The van der Waals surface area contributed by atoms with E-state index in [2.05, 4.69) is 10.5 Å². The lowest BCUT2D eigenvalue weighted by Gasteiger charge is -2.08. The van der Waals surface area contributed by atoms with Crippen LogP contribution < -0.4 is 10.2 Å². The Morgan fingerprint density at radius 3 is 2.38 bits per heavy atom. The van der Waals surface area contributed by atoms with Crippen molar-refractivity contribution < 1.29 is 9.53 Å². The van der Waals surface area contributed by atoms with Gasteiger partial charge in [-0.1, -0.05) is 52.5 Å². The summed E-state index contributed by atoms with van der Waals surface area (Å²) in [7, 11) is 0. The van der Waals surface area contributed by atoms with Gasteiger partial charge in [0.25, 0.3) is 5.91 Å². The zero-order valence-corrected chi connectivity index (χ0v) is 15.5. The molecule has 8 heteroatoms. The van der Waals surface area contributed by atoms with Crippen molar-refractivity contribution in [1.29, 1.82) is 0 Å². The van der Waals surface area contributed by atoms with E-state index in [-0.39, 0.29) is 16.7 Å². The fourth-order valence-corrected chi connectivity index (χ4v) is 2.52. The third-order valence-corrected chi connectivity index (χ3v) is 4.50. The molecule has 0 fully saturated rings. The monoisotopic (exact) mass is 404 g/mol. The fourth-order valence-electron chi connectivity index (χ4n) is 1.72. The molecule has 0 aliphatic rings. The Morgan fingerprint density at radius 1 is 1.04 bits per heavy atom. The molecule has 0 heterocycles. The van der Waals surface area contributed by atoms with Crippen LogP contribution in [0.1, 0.15) is 12.5 Å². The molecule has 0 aliphatic carbocycles. The van der Waals surface area contributed by atoms with Gasteiger partial charge in [0, 0.05) is 10.6 Å². The lowest BCUT2D eigenvalue weighted by Crippen LogP contribution is -2.25. The molecule has 0 aromatic heterocycles. The molecule has 0 unspecified atom stereocenters. The molecule has 126 valence electrons. The molecule has 2 aromatic rings. The van der Waals surface area contributed by atoms with E-state index in [1.54, 1.807) is 43.3 Å². The summed E-state index contributed by atoms with van der Waals surface area (Å²) in [5, 5.41) is 5.43. The van der Waals surface area contributed by atoms with Crippen LogP contribution >= 0.6 is 46.4 Å². The molecule has 1 N–H and O–H groups in total. The zero-order valence-electron chi connectivity index (χ0n) is 12.4. The minimum absolute atomic E-state index is 0.187. The molecule has 4 nitrogen and oxygen atoms in total. The molecule has 0 aliphatic heterocycles. The van der Waals surface area contributed by atoms with E-state index in [4.69, 9.17) is 51.1 Å². The van der Waals surface area contributed by atoms with Gasteiger partial charge in [-0.25, -0.2) is 5.43 Å². The zero-order chi connectivity index (χ0) is 17.7. The largest absolute Gasteiger partial charge is 0.484 e. The average molecular weight is 406 g/mol. The van der Waals surface area contributed by atoms with E-state index in [0.29, 0.717) is 27.1 Å². The van der Waals surface area contributed by atoms with E-state index in [9.17, 15) is 4.79 Å². The molecule has 0 bridgehead atoms. The number of nitrogens with zero attached hydrogens (tertiary/aromatic N) is 1. The molecule has 1 amide bonds. The first-order chi connectivity index (χ1) is 11.4. The van der Waals surface area contributed by atoms with Crippen molar-refractivity contribution in [1.82, 2.24) is 5.43 Å². The molecule has 0 saturated carbocycles. The van der Waals surface area contributed by atoms with E-state index in [1.807, 2.05) is 0 Å². The number of halogens is 4. The molecule has 24 heavy (non-hydrogen) atoms. The van der Waals surface area contributed by atoms with Gasteiger partial charge in [-0.05, 0) is 37.3 Å². The maximum absolute atomic E-state index is 11.8. The molecule has 2 aromatic carbocycles. The number of ether oxygens (including phenoxy) is 1. The summed E-state index contributed by atoms with van der Waals surface area (Å²) in [6, 6.07) is 9.95. The van der Waals surface area contributed by atoms with Crippen LogP contribution in [0.3, 0.4) is 0 Å². The van der Waals surface area contributed by atoms with Gasteiger partial charge in [-0.2, -0.15) is 5.10 Å². The maximum Gasteiger partial charge on any atom is 0.277 e. The molecule has 0 radical (unpaired) electrons. The van der Waals surface area contributed by atoms with Crippen LogP contribution in [0.15, 0.2) is 41.5 Å². The highest BCUT2D eigenvalue weighted by atomic mass is 35.5. The average Bonchev–Trinajstić information content (AvgIpc) is 2.57. The van der Waals surface area contributed by atoms with Crippen molar-refractivity contribution in [3.05, 3.63) is 62.1 Å². The van der Waals surface area contributed by atoms with Crippen LogP contribution in [0.4, 0.5) is 0 Å². The fraction of sp³-hybridized carbons (Fsp3) is 0.125.